The van der Waals surface area contributed by atoms with Crippen molar-refractivity contribution in [2.45, 2.75) is 25.7 Å². The summed E-state index contributed by atoms with van der Waals surface area (Å²) in [4.78, 5) is 11.7. The molecule has 0 atom stereocenters. The van der Waals surface area contributed by atoms with Crippen LogP contribution < -0.4 is 10.6 Å². The number of hydrogen-bond donors (Lipinski definition) is 2. The zero-order valence-corrected chi connectivity index (χ0v) is 14.0. The molecular weight excluding hydrogens is 308 g/mol. The molecule has 0 saturated carbocycles. The van der Waals surface area contributed by atoms with Gasteiger partial charge < -0.3 is 10.6 Å². The number of halogens is 1. The van der Waals surface area contributed by atoms with Crippen LogP contribution in [0.1, 0.15) is 24.0 Å². The van der Waals surface area contributed by atoms with Crippen molar-refractivity contribution in [1.82, 2.24) is 10.6 Å². The van der Waals surface area contributed by atoms with E-state index in [1.807, 2.05) is 30.3 Å². The molecule has 2 N–H and O–H groups in total. The predicted octanol–water partition coefficient (Wildman–Crippen LogP) is 4.20. The Kier molecular flexibility index (Phi) is 7.47. The molecule has 0 aromatic heterocycles. The molecule has 23 heavy (non-hydrogen) atoms. The molecule has 0 saturated heterocycles. The smallest absolute Gasteiger partial charge is 0.314 e. The first-order valence-corrected chi connectivity index (χ1v) is 8.42. The van der Waals surface area contributed by atoms with E-state index in [4.69, 9.17) is 11.6 Å². The summed E-state index contributed by atoms with van der Waals surface area (Å²) >= 11 is 5.84. The highest BCUT2D eigenvalue weighted by Crippen LogP contribution is 2.09. The number of carbonyl (C=O) groups is 1. The first-order chi connectivity index (χ1) is 11.2. The largest absolute Gasteiger partial charge is 0.338 e. The molecule has 2 rings (SSSR count). The lowest BCUT2D eigenvalue weighted by atomic mass is 10.1. The van der Waals surface area contributed by atoms with E-state index in [1.54, 1.807) is 0 Å². The first-order valence-electron chi connectivity index (χ1n) is 8.04. The second kappa shape index (κ2) is 9.90. The van der Waals surface area contributed by atoms with Crippen LogP contribution in [0.2, 0.25) is 5.02 Å². The van der Waals surface area contributed by atoms with Crippen LogP contribution in [0.4, 0.5) is 4.79 Å². The summed E-state index contributed by atoms with van der Waals surface area (Å²) in [6.45, 7) is 1.33. The van der Waals surface area contributed by atoms with Crippen LogP contribution in [-0.4, -0.2) is 19.1 Å². The van der Waals surface area contributed by atoms with Crippen molar-refractivity contribution in [3.05, 3.63) is 70.7 Å². The molecule has 0 spiro atoms. The number of unbranched alkanes of at least 4 members (excludes halogenated alkanes) is 1. The SMILES string of the molecule is O=C(NCCCCc1ccccc1)NCCc1ccc(Cl)cc1. The van der Waals surface area contributed by atoms with Gasteiger partial charge in [0.05, 0.1) is 0 Å². The van der Waals surface area contributed by atoms with Crippen molar-refractivity contribution in [1.29, 1.82) is 0 Å². The summed E-state index contributed by atoms with van der Waals surface area (Å²) in [5, 5.41) is 6.50. The van der Waals surface area contributed by atoms with Gasteiger partial charge in [0.15, 0.2) is 0 Å². The average molecular weight is 331 g/mol. The summed E-state index contributed by atoms with van der Waals surface area (Å²) in [6, 6.07) is 18.0. The topological polar surface area (TPSA) is 41.1 Å². The molecule has 0 aliphatic rings. The summed E-state index contributed by atoms with van der Waals surface area (Å²) in [6.07, 6.45) is 3.92. The summed E-state index contributed by atoms with van der Waals surface area (Å²) < 4.78 is 0. The molecule has 0 bridgehead atoms. The van der Waals surface area contributed by atoms with Crippen LogP contribution in [0.3, 0.4) is 0 Å². The van der Waals surface area contributed by atoms with E-state index in [2.05, 4.69) is 34.9 Å². The van der Waals surface area contributed by atoms with Gasteiger partial charge >= 0.3 is 6.03 Å². The Morgan fingerprint density at radius 3 is 2.17 bits per heavy atom. The van der Waals surface area contributed by atoms with Gasteiger partial charge in [-0.15, -0.1) is 0 Å². The lowest BCUT2D eigenvalue weighted by Crippen LogP contribution is -2.37. The van der Waals surface area contributed by atoms with E-state index in [-0.39, 0.29) is 6.03 Å². The third-order valence-electron chi connectivity index (χ3n) is 3.63. The average Bonchev–Trinajstić information content (AvgIpc) is 2.57. The van der Waals surface area contributed by atoms with Gasteiger partial charge in [0.2, 0.25) is 0 Å². The highest BCUT2D eigenvalue weighted by Gasteiger charge is 2.00. The maximum Gasteiger partial charge on any atom is 0.314 e. The zero-order valence-electron chi connectivity index (χ0n) is 13.2. The van der Waals surface area contributed by atoms with Gasteiger partial charge in [-0.05, 0) is 48.9 Å². The molecule has 2 aromatic rings. The van der Waals surface area contributed by atoms with Gasteiger partial charge in [0, 0.05) is 18.1 Å². The number of rotatable bonds is 8. The standard InChI is InChI=1S/C19H23ClN2O/c20-18-11-9-17(10-12-18)13-15-22-19(23)21-14-5-4-8-16-6-2-1-3-7-16/h1-3,6-7,9-12H,4-5,8,13-15H2,(H2,21,22,23). The molecule has 0 aliphatic carbocycles. The zero-order chi connectivity index (χ0) is 16.3. The van der Waals surface area contributed by atoms with Gasteiger partial charge in [-0.3, -0.25) is 0 Å². The molecule has 2 aromatic carbocycles. The van der Waals surface area contributed by atoms with Crippen LogP contribution in [0, 0.1) is 0 Å². The Morgan fingerprint density at radius 2 is 1.43 bits per heavy atom. The summed E-state index contributed by atoms with van der Waals surface area (Å²) in [5.74, 6) is 0. The monoisotopic (exact) mass is 330 g/mol. The van der Waals surface area contributed by atoms with Crippen molar-refractivity contribution >= 4 is 17.6 Å². The minimum atomic E-state index is -0.0984. The van der Waals surface area contributed by atoms with Gasteiger partial charge in [-0.25, -0.2) is 4.79 Å². The van der Waals surface area contributed by atoms with Crippen molar-refractivity contribution in [3.8, 4) is 0 Å². The highest BCUT2D eigenvalue weighted by molar-refractivity contribution is 6.30. The normalized spacial score (nSPS) is 10.3. The Bertz CT molecular complexity index is 584. The number of nitrogens with one attached hydrogen (secondary N) is 2. The van der Waals surface area contributed by atoms with E-state index >= 15 is 0 Å². The van der Waals surface area contributed by atoms with Crippen molar-refractivity contribution in [2.24, 2.45) is 0 Å². The van der Waals surface area contributed by atoms with Crippen LogP contribution in [-0.2, 0) is 12.8 Å². The fourth-order valence-corrected chi connectivity index (χ4v) is 2.46. The first kappa shape index (κ1) is 17.4. The van der Waals surface area contributed by atoms with Crippen LogP contribution in [0.15, 0.2) is 54.6 Å². The predicted molar refractivity (Wildman–Crippen MR) is 95.9 cm³/mol. The number of hydrogen-bond acceptors (Lipinski definition) is 1. The maximum atomic E-state index is 11.7. The molecule has 4 heteroatoms. The van der Waals surface area contributed by atoms with E-state index in [0.717, 1.165) is 36.3 Å². The van der Waals surface area contributed by atoms with Crippen LogP contribution in [0.25, 0.3) is 0 Å². The molecule has 0 fully saturated rings. The third-order valence-corrected chi connectivity index (χ3v) is 3.89. The van der Waals surface area contributed by atoms with E-state index in [1.165, 1.54) is 5.56 Å². The van der Waals surface area contributed by atoms with E-state index in [0.29, 0.717) is 13.1 Å². The van der Waals surface area contributed by atoms with Gasteiger partial charge in [-0.2, -0.15) is 0 Å². The maximum absolute atomic E-state index is 11.7. The summed E-state index contributed by atoms with van der Waals surface area (Å²) in [7, 11) is 0. The van der Waals surface area contributed by atoms with Gasteiger partial charge in [0.1, 0.15) is 0 Å². The fraction of sp³-hybridized carbons (Fsp3) is 0.316. The number of carbonyl (C=O) groups excluding carboxylic acids is 1. The lowest BCUT2D eigenvalue weighted by molar-refractivity contribution is 0.241. The third kappa shape index (κ3) is 7.20. The second-order valence-electron chi connectivity index (χ2n) is 5.50. The Morgan fingerprint density at radius 1 is 0.783 bits per heavy atom. The molecular formula is C19H23ClN2O. The van der Waals surface area contributed by atoms with Gasteiger partial charge in [-0.1, -0.05) is 54.1 Å². The van der Waals surface area contributed by atoms with Gasteiger partial charge in [0.25, 0.3) is 0 Å². The minimum absolute atomic E-state index is 0.0984. The van der Waals surface area contributed by atoms with Crippen LogP contribution in [0.5, 0.6) is 0 Å². The van der Waals surface area contributed by atoms with Crippen molar-refractivity contribution < 1.29 is 4.79 Å². The van der Waals surface area contributed by atoms with Crippen molar-refractivity contribution in [3.63, 3.8) is 0 Å². The highest BCUT2D eigenvalue weighted by atomic mass is 35.5. The quantitative estimate of drug-likeness (QED) is 0.700. The molecule has 3 nitrogen and oxygen atoms in total. The summed E-state index contributed by atoms with van der Waals surface area (Å²) in [5.41, 5.74) is 2.51. The molecule has 2 amide bonds. The molecule has 0 unspecified atom stereocenters. The Balaban J connectivity index is 1.51. The number of amides is 2. The number of urea groups is 1. The number of benzene rings is 2. The molecule has 0 heterocycles. The molecule has 0 radical (unpaired) electrons. The molecule has 0 aliphatic heterocycles. The number of aryl methyl sites for hydroxylation is 1. The molecule has 122 valence electrons. The lowest BCUT2D eigenvalue weighted by Gasteiger charge is -2.08. The van der Waals surface area contributed by atoms with E-state index in [9.17, 15) is 4.79 Å². The van der Waals surface area contributed by atoms with Crippen LogP contribution >= 0.6 is 11.6 Å². The Hall–Kier alpha value is -2.00. The van der Waals surface area contributed by atoms with Crippen molar-refractivity contribution in [2.75, 3.05) is 13.1 Å². The Labute approximate surface area is 143 Å². The minimum Gasteiger partial charge on any atom is -0.338 e. The second-order valence-corrected chi connectivity index (χ2v) is 5.94. The fourth-order valence-electron chi connectivity index (χ4n) is 2.33. The van der Waals surface area contributed by atoms with E-state index < -0.39 is 0 Å².